The summed E-state index contributed by atoms with van der Waals surface area (Å²) in [5, 5.41) is 12.0. The van der Waals surface area contributed by atoms with Crippen LogP contribution in [0.5, 0.6) is 0 Å². The Morgan fingerprint density at radius 3 is 3.13 bits per heavy atom. The summed E-state index contributed by atoms with van der Waals surface area (Å²) in [4.78, 5) is 11.6. The van der Waals surface area contributed by atoms with Crippen molar-refractivity contribution >= 4 is 5.91 Å². The summed E-state index contributed by atoms with van der Waals surface area (Å²) in [6.07, 6.45) is 1.16. The van der Waals surface area contributed by atoms with Gasteiger partial charge < -0.3 is 19.9 Å². The van der Waals surface area contributed by atoms with Crippen molar-refractivity contribution in [3.8, 4) is 0 Å². The van der Waals surface area contributed by atoms with Crippen LogP contribution in [0.25, 0.3) is 0 Å². The van der Waals surface area contributed by atoms with E-state index in [1.165, 1.54) is 7.11 Å². The van der Waals surface area contributed by atoms with Crippen molar-refractivity contribution in [2.45, 2.75) is 18.9 Å². The Kier molecular flexibility index (Phi) is 5.60. The van der Waals surface area contributed by atoms with Gasteiger partial charge in [0.2, 0.25) is 5.91 Å². The molecule has 1 fully saturated rings. The maximum Gasteiger partial charge on any atom is 0.225 e. The molecule has 0 radical (unpaired) electrons. The highest BCUT2D eigenvalue weighted by Gasteiger charge is 2.21. The summed E-state index contributed by atoms with van der Waals surface area (Å²) in [5.74, 6) is -0.0988. The Morgan fingerprint density at radius 2 is 2.53 bits per heavy atom. The normalized spacial score (nSPS) is 23.5. The van der Waals surface area contributed by atoms with E-state index < -0.39 is 6.10 Å². The standard InChI is InChI=1S/C10H19NO4/c1-14-7-9(12)5-11-10(13)8-3-2-4-15-6-8/h8-9,12H,2-7H2,1H3,(H,11,13). The molecule has 1 heterocycles. The van der Waals surface area contributed by atoms with Gasteiger partial charge in [0.25, 0.3) is 0 Å². The Balaban J connectivity index is 2.16. The van der Waals surface area contributed by atoms with Crippen molar-refractivity contribution in [2.24, 2.45) is 5.92 Å². The van der Waals surface area contributed by atoms with Crippen LogP contribution in [-0.2, 0) is 14.3 Å². The zero-order valence-corrected chi connectivity index (χ0v) is 9.07. The van der Waals surface area contributed by atoms with E-state index in [2.05, 4.69) is 5.32 Å². The summed E-state index contributed by atoms with van der Waals surface area (Å²) in [6, 6.07) is 0. The number of hydrogen-bond donors (Lipinski definition) is 2. The molecule has 0 aromatic rings. The van der Waals surface area contributed by atoms with Crippen molar-refractivity contribution in [1.82, 2.24) is 5.32 Å². The van der Waals surface area contributed by atoms with Gasteiger partial charge in [-0.15, -0.1) is 0 Å². The molecule has 1 saturated heterocycles. The molecule has 1 amide bonds. The van der Waals surface area contributed by atoms with E-state index in [9.17, 15) is 9.90 Å². The molecule has 0 aromatic heterocycles. The van der Waals surface area contributed by atoms with Crippen LogP contribution in [0.4, 0.5) is 0 Å². The molecule has 0 bridgehead atoms. The lowest BCUT2D eigenvalue weighted by Gasteiger charge is -2.21. The molecule has 0 aliphatic carbocycles. The van der Waals surface area contributed by atoms with Gasteiger partial charge in [-0.1, -0.05) is 0 Å². The number of carbonyl (C=O) groups is 1. The third-order valence-electron chi connectivity index (χ3n) is 2.40. The molecule has 2 unspecified atom stereocenters. The van der Waals surface area contributed by atoms with Crippen LogP contribution in [0.2, 0.25) is 0 Å². The molecule has 1 rings (SSSR count). The SMILES string of the molecule is COCC(O)CNC(=O)C1CCCOC1. The van der Waals surface area contributed by atoms with Gasteiger partial charge in [0.1, 0.15) is 0 Å². The zero-order valence-electron chi connectivity index (χ0n) is 9.07. The Morgan fingerprint density at radius 1 is 1.73 bits per heavy atom. The summed E-state index contributed by atoms with van der Waals surface area (Å²) >= 11 is 0. The number of rotatable bonds is 5. The van der Waals surface area contributed by atoms with Gasteiger partial charge in [-0.2, -0.15) is 0 Å². The molecule has 2 N–H and O–H groups in total. The fourth-order valence-electron chi connectivity index (χ4n) is 1.56. The Hall–Kier alpha value is -0.650. The highest BCUT2D eigenvalue weighted by atomic mass is 16.5. The monoisotopic (exact) mass is 217 g/mol. The minimum absolute atomic E-state index is 0.0372. The minimum atomic E-state index is -0.636. The lowest BCUT2D eigenvalue weighted by molar-refractivity contribution is -0.129. The molecule has 0 saturated carbocycles. The van der Waals surface area contributed by atoms with Gasteiger partial charge in [0.15, 0.2) is 0 Å². The molecule has 0 aromatic carbocycles. The lowest BCUT2D eigenvalue weighted by atomic mass is 10.0. The van der Waals surface area contributed by atoms with Crippen molar-refractivity contribution in [3.05, 3.63) is 0 Å². The number of aliphatic hydroxyl groups excluding tert-OH is 1. The predicted octanol–water partition coefficient (Wildman–Crippen LogP) is -0.463. The maximum atomic E-state index is 11.6. The lowest BCUT2D eigenvalue weighted by Crippen LogP contribution is -2.40. The van der Waals surface area contributed by atoms with Crippen LogP contribution in [0.15, 0.2) is 0 Å². The van der Waals surface area contributed by atoms with Crippen molar-refractivity contribution in [3.63, 3.8) is 0 Å². The second kappa shape index (κ2) is 6.76. The first kappa shape index (κ1) is 12.4. The molecule has 88 valence electrons. The molecular weight excluding hydrogens is 198 g/mol. The van der Waals surface area contributed by atoms with Gasteiger partial charge in [-0.3, -0.25) is 4.79 Å². The summed E-state index contributed by atoms with van der Waals surface area (Å²) in [6.45, 7) is 1.72. The molecular formula is C10H19NO4. The summed E-state index contributed by atoms with van der Waals surface area (Å²) < 4.78 is 9.96. The number of hydrogen-bond acceptors (Lipinski definition) is 4. The van der Waals surface area contributed by atoms with Crippen LogP contribution in [0, 0.1) is 5.92 Å². The second-order valence-corrected chi connectivity index (χ2v) is 3.77. The Labute approximate surface area is 89.8 Å². The molecule has 15 heavy (non-hydrogen) atoms. The number of methoxy groups -OCH3 is 1. The smallest absolute Gasteiger partial charge is 0.225 e. The van der Waals surface area contributed by atoms with E-state index in [-0.39, 0.29) is 25.0 Å². The van der Waals surface area contributed by atoms with Crippen LogP contribution in [-0.4, -0.2) is 50.6 Å². The average Bonchev–Trinajstić information content (AvgIpc) is 2.27. The molecule has 5 nitrogen and oxygen atoms in total. The van der Waals surface area contributed by atoms with E-state index in [0.717, 1.165) is 19.4 Å². The van der Waals surface area contributed by atoms with Gasteiger partial charge in [-0.25, -0.2) is 0 Å². The van der Waals surface area contributed by atoms with E-state index in [0.29, 0.717) is 6.61 Å². The number of ether oxygens (including phenoxy) is 2. The van der Waals surface area contributed by atoms with Crippen LogP contribution in [0.1, 0.15) is 12.8 Å². The molecule has 1 aliphatic rings. The zero-order chi connectivity index (χ0) is 11.1. The van der Waals surface area contributed by atoms with E-state index >= 15 is 0 Å². The first-order chi connectivity index (χ1) is 7.24. The average molecular weight is 217 g/mol. The third kappa shape index (κ3) is 4.59. The largest absolute Gasteiger partial charge is 0.389 e. The highest BCUT2D eigenvalue weighted by Crippen LogP contribution is 2.13. The summed E-state index contributed by atoms with van der Waals surface area (Å²) in [5.41, 5.74) is 0. The van der Waals surface area contributed by atoms with Gasteiger partial charge in [0.05, 0.1) is 25.2 Å². The first-order valence-electron chi connectivity index (χ1n) is 5.26. The van der Waals surface area contributed by atoms with E-state index in [4.69, 9.17) is 9.47 Å². The third-order valence-corrected chi connectivity index (χ3v) is 2.40. The molecule has 2 atom stereocenters. The van der Waals surface area contributed by atoms with Crippen LogP contribution < -0.4 is 5.32 Å². The second-order valence-electron chi connectivity index (χ2n) is 3.77. The van der Waals surface area contributed by atoms with Crippen molar-refractivity contribution in [2.75, 3.05) is 33.5 Å². The fourth-order valence-corrected chi connectivity index (χ4v) is 1.56. The highest BCUT2D eigenvalue weighted by molar-refractivity contribution is 5.78. The number of aliphatic hydroxyl groups is 1. The van der Waals surface area contributed by atoms with Crippen LogP contribution in [0.3, 0.4) is 0 Å². The summed E-state index contributed by atoms with van der Waals surface area (Å²) in [7, 11) is 1.51. The first-order valence-corrected chi connectivity index (χ1v) is 5.26. The topological polar surface area (TPSA) is 67.8 Å². The van der Waals surface area contributed by atoms with Gasteiger partial charge in [0, 0.05) is 20.3 Å². The van der Waals surface area contributed by atoms with Crippen LogP contribution >= 0.6 is 0 Å². The van der Waals surface area contributed by atoms with E-state index in [1.807, 2.05) is 0 Å². The van der Waals surface area contributed by atoms with E-state index in [1.54, 1.807) is 0 Å². The fraction of sp³-hybridized carbons (Fsp3) is 0.900. The number of amides is 1. The van der Waals surface area contributed by atoms with Gasteiger partial charge in [-0.05, 0) is 12.8 Å². The van der Waals surface area contributed by atoms with Gasteiger partial charge >= 0.3 is 0 Å². The Bertz CT molecular complexity index is 192. The predicted molar refractivity (Wildman–Crippen MR) is 54.4 cm³/mol. The van der Waals surface area contributed by atoms with Crippen molar-refractivity contribution in [1.29, 1.82) is 0 Å². The maximum absolute atomic E-state index is 11.6. The quantitative estimate of drug-likeness (QED) is 0.653. The molecule has 0 spiro atoms. The number of nitrogens with one attached hydrogen (secondary N) is 1. The van der Waals surface area contributed by atoms with Crippen molar-refractivity contribution < 1.29 is 19.4 Å². The molecule has 5 heteroatoms. The molecule has 1 aliphatic heterocycles. The number of carbonyl (C=O) groups excluding carboxylic acids is 1. The minimum Gasteiger partial charge on any atom is -0.389 e.